The van der Waals surface area contributed by atoms with E-state index in [0.717, 1.165) is 5.69 Å². The first-order valence-electron chi connectivity index (χ1n) is 5.95. The highest BCUT2D eigenvalue weighted by molar-refractivity contribution is 5.88. The number of rotatable bonds is 6. The van der Waals surface area contributed by atoms with Crippen molar-refractivity contribution in [3.8, 4) is 0 Å². The van der Waals surface area contributed by atoms with Gasteiger partial charge in [0.15, 0.2) is 0 Å². The smallest absolute Gasteiger partial charge is 0.339 e. The Hall–Kier alpha value is -1.91. The summed E-state index contributed by atoms with van der Waals surface area (Å²) in [6.45, 7) is 4.24. The predicted octanol–water partition coefficient (Wildman–Crippen LogP) is 1.75. The van der Waals surface area contributed by atoms with Crippen LogP contribution in [0.2, 0.25) is 0 Å². The number of hydrogen-bond acceptors (Lipinski definition) is 5. The summed E-state index contributed by atoms with van der Waals surface area (Å²) in [5.74, 6) is -0.629. The van der Waals surface area contributed by atoms with Gasteiger partial charge in [-0.05, 0) is 26.0 Å². The second-order valence-corrected chi connectivity index (χ2v) is 3.56. The fourth-order valence-corrected chi connectivity index (χ4v) is 1.37. The van der Waals surface area contributed by atoms with E-state index < -0.39 is 0 Å². The minimum atomic E-state index is -0.387. The minimum absolute atomic E-state index is 0.242. The quantitative estimate of drug-likeness (QED) is 0.721. The van der Waals surface area contributed by atoms with Crippen LogP contribution in [0, 0.1) is 0 Å². The number of ether oxygens (including phenoxy) is 2. The summed E-state index contributed by atoms with van der Waals surface area (Å²) in [4.78, 5) is 26.6. The Morgan fingerprint density at radius 3 is 2.44 bits per heavy atom. The van der Waals surface area contributed by atoms with Gasteiger partial charge in [-0.15, -0.1) is 0 Å². The van der Waals surface area contributed by atoms with Crippen molar-refractivity contribution in [2.45, 2.75) is 26.7 Å². The number of esters is 2. The maximum Gasteiger partial charge on any atom is 0.339 e. The molecule has 0 saturated carbocycles. The second kappa shape index (κ2) is 7.42. The van der Waals surface area contributed by atoms with Crippen LogP contribution in [0.4, 0.5) is 0 Å². The molecule has 1 rings (SSSR count). The zero-order valence-corrected chi connectivity index (χ0v) is 10.6. The first-order valence-corrected chi connectivity index (χ1v) is 5.95. The lowest BCUT2D eigenvalue weighted by atomic mass is 10.2. The van der Waals surface area contributed by atoms with E-state index >= 15 is 0 Å². The lowest BCUT2D eigenvalue weighted by molar-refractivity contribution is -0.143. The van der Waals surface area contributed by atoms with E-state index in [2.05, 4.69) is 4.98 Å². The monoisotopic (exact) mass is 251 g/mol. The number of carbonyl (C=O) groups excluding carboxylic acids is 2. The van der Waals surface area contributed by atoms with Gasteiger partial charge in [-0.3, -0.25) is 9.78 Å². The second-order valence-electron chi connectivity index (χ2n) is 3.56. The topological polar surface area (TPSA) is 65.5 Å². The molecule has 1 heterocycles. The number of carbonyl (C=O) groups is 2. The Morgan fingerprint density at radius 1 is 1.17 bits per heavy atom. The molecular formula is C13H17NO4. The van der Waals surface area contributed by atoms with Gasteiger partial charge < -0.3 is 9.47 Å². The van der Waals surface area contributed by atoms with Crippen LogP contribution in [0.1, 0.15) is 36.3 Å². The number of aromatic nitrogens is 1. The number of pyridine rings is 1. The van der Waals surface area contributed by atoms with Crippen LogP contribution in [0.15, 0.2) is 18.3 Å². The van der Waals surface area contributed by atoms with Gasteiger partial charge in [-0.2, -0.15) is 0 Å². The Kier molecular flexibility index (Phi) is 5.84. The molecule has 5 heteroatoms. The largest absolute Gasteiger partial charge is 0.466 e. The Labute approximate surface area is 106 Å². The molecule has 0 aromatic carbocycles. The standard InChI is InChI=1S/C13H17NO4/c1-3-17-12(15)8-7-11-6-5-10(9-14-11)13(16)18-4-2/h5-6,9H,3-4,7-8H2,1-2H3. The van der Waals surface area contributed by atoms with Crippen molar-refractivity contribution >= 4 is 11.9 Å². The summed E-state index contributed by atoms with van der Waals surface area (Å²) in [6, 6.07) is 3.36. The van der Waals surface area contributed by atoms with Crippen molar-refractivity contribution in [2.75, 3.05) is 13.2 Å². The maximum absolute atomic E-state index is 11.4. The van der Waals surface area contributed by atoms with Crippen molar-refractivity contribution in [3.05, 3.63) is 29.6 Å². The van der Waals surface area contributed by atoms with Gasteiger partial charge in [0.05, 0.1) is 25.2 Å². The molecule has 1 aromatic heterocycles. The van der Waals surface area contributed by atoms with Crippen LogP contribution >= 0.6 is 0 Å². The van der Waals surface area contributed by atoms with Gasteiger partial charge in [0.25, 0.3) is 0 Å². The van der Waals surface area contributed by atoms with Gasteiger partial charge in [-0.1, -0.05) is 0 Å². The Morgan fingerprint density at radius 2 is 1.89 bits per heavy atom. The minimum Gasteiger partial charge on any atom is -0.466 e. The fourth-order valence-electron chi connectivity index (χ4n) is 1.37. The average molecular weight is 251 g/mol. The van der Waals surface area contributed by atoms with Crippen molar-refractivity contribution in [3.63, 3.8) is 0 Å². The van der Waals surface area contributed by atoms with Gasteiger partial charge in [0.2, 0.25) is 0 Å². The van der Waals surface area contributed by atoms with E-state index in [1.165, 1.54) is 6.20 Å². The SMILES string of the molecule is CCOC(=O)CCc1ccc(C(=O)OCC)cn1. The third-order valence-corrected chi connectivity index (χ3v) is 2.23. The third-order valence-electron chi connectivity index (χ3n) is 2.23. The number of aryl methyl sites for hydroxylation is 1. The molecule has 0 aliphatic heterocycles. The predicted molar refractivity (Wildman–Crippen MR) is 65.1 cm³/mol. The zero-order valence-electron chi connectivity index (χ0n) is 10.6. The molecule has 0 bridgehead atoms. The molecule has 0 atom stereocenters. The summed E-state index contributed by atoms with van der Waals surface area (Å²) in [7, 11) is 0. The van der Waals surface area contributed by atoms with Crippen LogP contribution < -0.4 is 0 Å². The molecule has 1 aromatic rings. The Balaban J connectivity index is 2.50. The van der Waals surface area contributed by atoms with Crippen LogP contribution in [0.5, 0.6) is 0 Å². The highest BCUT2D eigenvalue weighted by atomic mass is 16.5. The molecule has 98 valence electrons. The zero-order chi connectivity index (χ0) is 13.4. The molecule has 0 unspecified atom stereocenters. The number of nitrogens with zero attached hydrogens (tertiary/aromatic N) is 1. The molecule has 0 aliphatic rings. The molecule has 5 nitrogen and oxygen atoms in total. The van der Waals surface area contributed by atoms with Gasteiger partial charge in [-0.25, -0.2) is 4.79 Å². The van der Waals surface area contributed by atoms with Crippen molar-refractivity contribution in [2.24, 2.45) is 0 Å². The summed E-state index contributed by atoms with van der Waals surface area (Å²) >= 11 is 0. The summed E-state index contributed by atoms with van der Waals surface area (Å²) < 4.78 is 9.66. The molecular weight excluding hydrogens is 234 g/mol. The van der Waals surface area contributed by atoms with E-state index in [-0.39, 0.29) is 11.9 Å². The molecule has 18 heavy (non-hydrogen) atoms. The van der Waals surface area contributed by atoms with Crippen LogP contribution in [0.3, 0.4) is 0 Å². The van der Waals surface area contributed by atoms with E-state index in [9.17, 15) is 9.59 Å². The highest BCUT2D eigenvalue weighted by Crippen LogP contribution is 2.05. The molecule has 0 saturated heterocycles. The van der Waals surface area contributed by atoms with Crippen LogP contribution in [0.25, 0.3) is 0 Å². The molecule has 0 amide bonds. The lowest BCUT2D eigenvalue weighted by Crippen LogP contribution is -2.07. The Bertz CT molecular complexity index is 400. The summed E-state index contributed by atoms with van der Waals surface area (Å²) in [5.41, 5.74) is 1.16. The van der Waals surface area contributed by atoms with Crippen molar-refractivity contribution in [1.82, 2.24) is 4.98 Å². The molecule has 0 N–H and O–H groups in total. The van der Waals surface area contributed by atoms with Crippen molar-refractivity contribution < 1.29 is 19.1 Å². The van der Waals surface area contributed by atoms with E-state index in [1.54, 1.807) is 26.0 Å². The highest BCUT2D eigenvalue weighted by Gasteiger charge is 2.08. The molecule has 0 aliphatic carbocycles. The lowest BCUT2D eigenvalue weighted by Gasteiger charge is -2.03. The first-order chi connectivity index (χ1) is 8.67. The maximum atomic E-state index is 11.4. The van der Waals surface area contributed by atoms with Crippen LogP contribution in [-0.2, 0) is 20.7 Å². The van der Waals surface area contributed by atoms with E-state index in [0.29, 0.717) is 31.6 Å². The van der Waals surface area contributed by atoms with E-state index in [4.69, 9.17) is 9.47 Å². The van der Waals surface area contributed by atoms with Crippen molar-refractivity contribution in [1.29, 1.82) is 0 Å². The van der Waals surface area contributed by atoms with Gasteiger partial charge in [0.1, 0.15) is 0 Å². The summed E-state index contributed by atoms with van der Waals surface area (Å²) in [5, 5.41) is 0. The number of hydrogen-bond donors (Lipinski definition) is 0. The van der Waals surface area contributed by atoms with Crippen LogP contribution in [-0.4, -0.2) is 30.1 Å². The molecule has 0 fully saturated rings. The fraction of sp³-hybridized carbons (Fsp3) is 0.462. The molecule has 0 spiro atoms. The average Bonchev–Trinajstić information content (AvgIpc) is 2.37. The van der Waals surface area contributed by atoms with Gasteiger partial charge >= 0.3 is 11.9 Å². The molecule has 0 radical (unpaired) electrons. The summed E-state index contributed by atoms with van der Waals surface area (Å²) in [6.07, 6.45) is 2.25. The third kappa shape index (κ3) is 4.53. The normalized spacial score (nSPS) is 9.89. The first kappa shape index (κ1) is 14.2. The van der Waals surface area contributed by atoms with E-state index in [1.807, 2.05) is 0 Å². The van der Waals surface area contributed by atoms with Gasteiger partial charge in [0, 0.05) is 18.3 Å².